The summed E-state index contributed by atoms with van der Waals surface area (Å²) in [5.74, 6) is -0.563. The first-order valence-electron chi connectivity index (χ1n) is 8.06. The molecule has 1 aromatic carbocycles. The van der Waals surface area contributed by atoms with Crippen molar-refractivity contribution in [1.82, 2.24) is 19.7 Å². The molecule has 4 rings (SSSR count). The minimum absolute atomic E-state index is 0.192. The van der Waals surface area contributed by atoms with E-state index in [1.165, 1.54) is 13.2 Å². The van der Waals surface area contributed by atoms with Crippen LogP contribution in [-0.4, -0.2) is 32.8 Å². The van der Waals surface area contributed by atoms with Crippen molar-refractivity contribution in [2.45, 2.75) is 0 Å². The fourth-order valence-electron chi connectivity index (χ4n) is 2.61. The van der Waals surface area contributed by atoms with Crippen LogP contribution in [0.5, 0.6) is 0 Å². The predicted molar refractivity (Wildman–Crippen MR) is 97.7 cm³/mol. The fraction of sp³-hybridized carbons (Fsp3) is 0.0526. The second-order valence-electron chi connectivity index (χ2n) is 5.69. The number of esters is 1. The SMILES string of the molecule is COC(=O)c1ccc2cnc(Nc3ccc(-n4cccn4)cc3F)cc2n1. The van der Waals surface area contributed by atoms with Gasteiger partial charge in [0.2, 0.25) is 0 Å². The number of ether oxygens (including phenoxy) is 1. The Hall–Kier alpha value is -3.81. The van der Waals surface area contributed by atoms with Crippen LogP contribution in [0.15, 0.2) is 61.1 Å². The topological polar surface area (TPSA) is 81.9 Å². The molecule has 0 fully saturated rings. The standard InChI is InChI=1S/C19H14FN5O2/c1-27-19(26)16-5-3-12-11-21-18(10-17(12)23-16)24-15-6-4-13(9-14(15)20)25-8-2-7-22-25/h2-11H,1H3,(H,21,24). The summed E-state index contributed by atoms with van der Waals surface area (Å²) in [6.07, 6.45) is 4.96. The Morgan fingerprint density at radius 2 is 2.11 bits per heavy atom. The number of pyridine rings is 2. The van der Waals surface area contributed by atoms with Crippen molar-refractivity contribution in [3.8, 4) is 5.69 Å². The van der Waals surface area contributed by atoms with Gasteiger partial charge in [-0.3, -0.25) is 0 Å². The first-order valence-corrected chi connectivity index (χ1v) is 8.06. The summed E-state index contributed by atoms with van der Waals surface area (Å²) >= 11 is 0. The molecule has 0 saturated carbocycles. The van der Waals surface area contributed by atoms with E-state index in [9.17, 15) is 9.18 Å². The van der Waals surface area contributed by atoms with Gasteiger partial charge in [0.15, 0.2) is 0 Å². The number of benzene rings is 1. The summed E-state index contributed by atoms with van der Waals surface area (Å²) in [6.45, 7) is 0. The van der Waals surface area contributed by atoms with Crippen LogP contribution in [-0.2, 0) is 4.74 Å². The van der Waals surface area contributed by atoms with Crippen LogP contribution in [0, 0.1) is 5.82 Å². The highest BCUT2D eigenvalue weighted by Gasteiger charge is 2.10. The molecule has 0 amide bonds. The largest absolute Gasteiger partial charge is 0.464 e. The zero-order valence-electron chi connectivity index (χ0n) is 14.3. The van der Waals surface area contributed by atoms with Gasteiger partial charge in [-0.2, -0.15) is 5.10 Å². The summed E-state index contributed by atoms with van der Waals surface area (Å²) < 4.78 is 20.7. The number of carbonyl (C=O) groups is 1. The monoisotopic (exact) mass is 363 g/mol. The van der Waals surface area contributed by atoms with Crippen molar-refractivity contribution in [3.63, 3.8) is 0 Å². The van der Waals surface area contributed by atoms with E-state index in [2.05, 4.69) is 25.1 Å². The average Bonchev–Trinajstić information content (AvgIpc) is 3.23. The molecule has 1 N–H and O–H groups in total. The fourth-order valence-corrected chi connectivity index (χ4v) is 2.61. The van der Waals surface area contributed by atoms with E-state index < -0.39 is 11.8 Å². The van der Waals surface area contributed by atoms with Crippen LogP contribution in [0.25, 0.3) is 16.6 Å². The molecular formula is C19H14FN5O2. The number of hydrogen-bond donors (Lipinski definition) is 1. The first-order chi connectivity index (χ1) is 13.1. The molecule has 3 heterocycles. The van der Waals surface area contributed by atoms with E-state index in [1.54, 1.807) is 59.7 Å². The lowest BCUT2D eigenvalue weighted by Crippen LogP contribution is -2.04. The minimum Gasteiger partial charge on any atom is -0.464 e. The molecular weight excluding hydrogens is 349 g/mol. The smallest absolute Gasteiger partial charge is 0.356 e. The number of carbonyl (C=O) groups excluding carboxylic acids is 1. The Balaban J connectivity index is 1.64. The zero-order valence-corrected chi connectivity index (χ0v) is 14.3. The van der Waals surface area contributed by atoms with E-state index in [4.69, 9.17) is 0 Å². The van der Waals surface area contributed by atoms with E-state index >= 15 is 0 Å². The highest BCUT2D eigenvalue weighted by atomic mass is 19.1. The van der Waals surface area contributed by atoms with Crippen molar-refractivity contribution in [3.05, 3.63) is 72.6 Å². The number of halogens is 1. The van der Waals surface area contributed by atoms with Gasteiger partial charge in [0.05, 0.1) is 24.0 Å². The van der Waals surface area contributed by atoms with Gasteiger partial charge in [0.1, 0.15) is 17.3 Å². The molecule has 134 valence electrons. The number of anilines is 2. The molecule has 0 aliphatic rings. The van der Waals surface area contributed by atoms with Crippen LogP contribution >= 0.6 is 0 Å². The van der Waals surface area contributed by atoms with Gasteiger partial charge < -0.3 is 10.1 Å². The highest BCUT2D eigenvalue weighted by Crippen LogP contribution is 2.23. The van der Waals surface area contributed by atoms with Gasteiger partial charge in [0.25, 0.3) is 0 Å². The minimum atomic E-state index is -0.525. The third-order valence-corrected chi connectivity index (χ3v) is 3.95. The summed E-state index contributed by atoms with van der Waals surface area (Å²) in [5, 5.41) is 7.76. The number of rotatable bonds is 4. The van der Waals surface area contributed by atoms with Crippen molar-refractivity contribution < 1.29 is 13.9 Å². The lowest BCUT2D eigenvalue weighted by molar-refractivity contribution is 0.0594. The van der Waals surface area contributed by atoms with Crippen LogP contribution in [0.3, 0.4) is 0 Å². The Kier molecular flexibility index (Phi) is 4.21. The molecule has 0 aliphatic carbocycles. The van der Waals surface area contributed by atoms with Gasteiger partial charge in [0, 0.05) is 36.1 Å². The molecule has 3 aromatic heterocycles. The predicted octanol–water partition coefficient (Wildman–Crippen LogP) is 3.48. The maximum Gasteiger partial charge on any atom is 0.356 e. The molecule has 0 aliphatic heterocycles. The van der Waals surface area contributed by atoms with Crippen molar-refractivity contribution >= 4 is 28.4 Å². The van der Waals surface area contributed by atoms with Crippen LogP contribution in [0.1, 0.15) is 10.5 Å². The van der Waals surface area contributed by atoms with E-state index in [1.807, 2.05) is 0 Å². The second kappa shape index (κ2) is 6.83. The van der Waals surface area contributed by atoms with Gasteiger partial charge >= 0.3 is 5.97 Å². The van der Waals surface area contributed by atoms with Gasteiger partial charge in [-0.15, -0.1) is 0 Å². The van der Waals surface area contributed by atoms with Crippen molar-refractivity contribution in [2.75, 3.05) is 12.4 Å². The third-order valence-electron chi connectivity index (χ3n) is 3.95. The summed E-state index contributed by atoms with van der Waals surface area (Å²) in [5.41, 5.74) is 1.61. The quantitative estimate of drug-likeness (QED) is 0.559. The molecule has 0 saturated heterocycles. The number of nitrogens with one attached hydrogen (secondary N) is 1. The van der Waals surface area contributed by atoms with Gasteiger partial charge in [-0.05, 0) is 30.3 Å². The number of aromatic nitrogens is 4. The highest BCUT2D eigenvalue weighted by molar-refractivity contribution is 5.91. The molecule has 0 bridgehead atoms. The Bertz CT molecular complexity index is 1130. The average molecular weight is 363 g/mol. The van der Waals surface area contributed by atoms with Crippen LogP contribution < -0.4 is 5.32 Å². The van der Waals surface area contributed by atoms with E-state index in [0.29, 0.717) is 17.0 Å². The molecule has 4 aromatic rings. The number of nitrogens with zero attached hydrogens (tertiary/aromatic N) is 4. The van der Waals surface area contributed by atoms with Crippen molar-refractivity contribution in [2.24, 2.45) is 0 Å². The Labute approximate surface area is 153 Å². The molecule has 0 atom stereocenters. The van der Waals surface area contributed by atoms with Gasteiger partial charge in [-0.1, -0.05) is 0 Å². The lowest BCUT2D eigenvalue weighted by atomic mass is 10.2. The molecule has 0 radical (unpaired) electrons. The number of fused-ring (bicyclic) bond motifs is 1. The van der Waals surface area contributed by atoms with Gasteiger partial charge in [-0.25, -0.2) is 23.8 Å². The number of methoxy groups -OCH3 is 1. The van der Waals surface area contributed by atoms with Crippen molar-refractivity contribution in [1.29, 1.82) is 0 Å². The third kappa shape index (κ3) is 3.32. The maximum absolute atomic E-state index is 14.4. The van der Waals surface area contributed by atoms with E-state index in [-0.39, 0.29) is 11.4 Å². The zero-order chi connectivity index (χ0) is 18.8. The molecule has 27 heavy (non-hydrogen) atoms. The normalized spacial score (nSPS) is 10.7. The second-order valence-corrected chi connectivity index (χ2v) is 5.69. The maximum atomic E-state index is 14.4. The summed E-state index contributed by atoms with van der Waals surface area (Å²) in [7, 11) is 1.30. The van der Waals surface area contributed by atoms with Crippen LogP contribution in [0.4, 0.5) is 15.9 Å². The van der Waals surface area contributed by atoms with E-state index in [0.717, 1.165) is 5.39 Å². The molecule has 0 spiro atoms. The molecule has 7 nitrogen and oxygen atoms in total. The van der Waals surface area contributed by atoms with Crippen LogP contribution in [0.2, 0.25) is 0 Å². The Morgan fingerprint density at radius 1 is 1.22 bits per heavy atom. The lowest BCUT2D eigenvalue weighted by Gasteiger charge is -2.09. The Morgan fingerprint density at radius 3 is 2.85 bits per heavy atom. The summed E-state index contributed by atoms with van der Waals surface area (Å²) in [4.78, 5) is 20.2. The first kappa shape index (κ1) is 16.6. The molecule has 8 heteroatoms. The molecule has 0 unspecified atom stereocenters. The number of hydrogen-bond acceptors (Lipinski definition) is 6. The summed E-state index contributed by atoms with van der Waals surface area (Å²) in [6, 6.07) is 11.4.